The highest BCUT2D eigenvalue weighted by Crippen LogP contribution is 2.47. The van der Waals surface area contributed by atoms with Crippen LogP contribution in [-0.2, 0) is 11.0 Å². The maximum Gasteiger partial charge on any atom is 0.165 e. The molecule has 1 aliphatic rings. The van der Waals surface area contributed by atoms with Crippen LogP contribution in [0.15, 0.2) is 12.1 Å². The molecule has 106 valence electrons. The average Bonchev–Trinajstić information content (AvgIpc) is 2.32. The molecule has 0 atom stereocenters. The molecule has 1 aromatic carbocycles. The zero-order valence-corrected chi connectivity index (χ0v) is 12.7. The van der Waals surface area contributed by atoms with E-state index in [9.17, 15) is 0 Å². The van der Waals surface area contributed by atoms with Crippen molar-refractivity contribution >= 4 is 0 Å². The van der Waals surface area contributed by atoms with Crippen molar-refractivity contribution in [1.29, 1.82) is 0 Å². The Kier molecular flexibility index (Phi) is 3.52. The van der Waals surface area contributed by atoms with Crippen molar-refractivity contribution in [3.63, 3.8) is 0 Å². The molecule has 0 saturated heterocycles. The summed E-state index contributed by atoms with van der Waals surface area (Å²) in [6.07, 6.45) is 3.21. The van der Waals surface area contributed by atoms with Gasteiger partial charge in [0.15, 0.2) is 11.5 Å². The van der Waals surface area contributed by atoms with E-state index in [0.717, 1.165) is 29.9 Å². The minimum atomic E-state index is -0.250. The predicted octanol–water partition coefficient (Wildman–Crippen LogP) is 3.34. The summed E-state index contributed by atoms with van der Waals surface area (Å²) in [6, 6.07) is 4.25. The van der Waals surface area contributed by atoms with Gasteiger partial charge in [-0.15, -0.1) is 0 Å². The van der Waals surface area contributed by atoms with Gasteiger partial charge < -0.3 is 15.2 Å². The lowest BCUT2D eigenvalue weighted by Gasteiger charge is -2.40. The molecule has 1 saturated carbocycles. The lowest BCUT2D eigenvalue weighted by Crippen LogP contribution is -2.43. The van der Waals surface area contributed by atoms with E-state index in [1.165, 1.54) is 12.0 Å². The van der Waals surface area contributed by atoms with Crippen molar-refractivity contribution in [1.82, 2.24) is 0 Å². The summed E-state index contributed by atoms with van der Waals surface area (Å²) in [5.74, 6) is 1.57. The maximum absolute atomic E-state index is 6.50. The Morgan fingerprint density at radius 2 is 1.74 bits per heavy atom. The van der Waals surface area contributed by atoms with Gasteiger partial charge in [0.25, 0.3) is 0 Å². The maximum atomic E-state index is 6.50. The first kappa shape index (κ1) is 14.2. The standard InChI is InChI=1S/C16H25NO2/c1-15(2,3)11-9-12(16(17)7-6-8-16)14(19-5)13(10-11)18-4/h9-10H,6-8,17H2,1-5H3. The molecule has 0 heterocycles. The largest absolute Gasteiger partial charge is 0.493 e. The monoisotopic (exact) mass is 263 g/mol. The van der Waals surface area contributed by atoms with E-state index in [2.05, 4.69) is 32.9 Å². The molecule has 1 aliphatic carbocycles. The lowest BCUT2D eigenvalue weighted by molar-refractivity contribution is 0.240. The van der Waals surface area contributed by atoms with Crippen LogP contribution in [0.2, 0.25) is 0 Å². The molecule has 0 unspecified atom stereocenters. The minimum absolute atomic E-state index is 0.0639. The van der Waals surface area contributed by atoms with E-state index in [-0.39, 0.29) is 11.0 Å². The van der Waals surface area contributed by atoms with Crippen LogP contribution >= 0.6 is 0 Å². The van der Waals surface area contributed by atoms with Crippen LogP contribution in [0.25, 0.3) is 0 Å². The van der Waals surface area contributed by atoms with Gasteiger partial charge in [-0.3, -0.25) is 0 Å². The van der Waals surface area contributed by atoms with E-state index < -0.39 is 0 Å². The van der Waals surface area contributed by atoms with Crippen LogP contribution < -0.4 is 15.2 Å². The van der Waals surface area contributed by atoms with Gasteiger partial charge in [0, 0.05) is 11.1 Å². The fraction of sp³-hybridized carbons (Fsp3) is 0.625. The number of rotatable bonds is 3. The van der Waals surface area contributed by atoms with Crippen LogP contribution in [-0.4, -0.2) is 14.2 Å². The smallest absolute Gasteiger partial charge is 0.165 e. The molecule has 0 aromatic heterocycles. The van der Waals surface area contributed by atoms with E-state index >= 15 is 0 Å². The van der Waals surface area contributed by atoms with E-state index in [4.69, 9.17) is 15.2 Å². The predicted molar refractivity (Wildman–Crippen MR) is 78.0 cm³/mol. The normalized spacial score (nSPS) is 17.8. The molecular weight excluding hydrogens is 238 g/mol. The lowest BCUT2D eigenvalue weighted by atomic mass is 9.71. The van der Waals surface area contributed by atoms with Gasteiger partial charge in [0.1, 0.15) is 0 Å². The van der Waals surface area contributed by atoms with Crippen LogP contribution in [0.5, 0.6) is 11.5 Å². The molecule has 19 heavy (non-hydrogen) atoms. The SMILES string of the molecule is COc1cc(C(C)(C)C)cc(C2(N)CCC2)c1OC. The molecule has 3 nitrogen and oxygen atoms in total. The highest BCUT2D eigenvalue weighted by atomic mass is 16.5. The van der Waals surface area contributed by atoms with Crippen molar-refractivity contribution in [2.45, 2.75) is 51.0 Å². The first-order valence-corrected chi connectivity index (χ1v) is 6.88. The number of methoxy groups -OCH3 is 2. The van der Waals surface area contributed by atoms with Gasteiger partial charge in [-0.1, -0.05) is 20.8 Å². The van der Waals surface area contributed by atoms with Crippen LogP contribution in [0.1, 0.15) is 51.2 Å². The fourth-order valence-corrected chi connectivity index (χ4v) is 2.59. The topological polar surface area (TPSA) is 44.5 Å². The number of hydrogen-bond acceptors (Lipinski definition) is 3. The Labute approximate surface area is 116 Å². The Balaban J connectivity index is 2.61. The van der Waals surface area contributed by atoms with E-state index in [1.54, 1.807) is 14.2 Å². The summed E-state index contributed by atoms with van der Waals surface area (Å²) < 4.78 is 11.0. The zero-order chi connectivity index (χ0) is 14.3. The molecule has 2 N–H and O–H groups in total. The molecule has 0 spiro atoms. The van der Waals surface area contributed by atoms with Crippen molar-refractivity contribution in [2.24, 2.45) is 5.73 Å². The molecule has 1 fully saturated rings. The summed E-state index contributed by atoms with van der Waals surface area (Å²) >= 11 is 0. The van der Waals surface area contributed by atoms with Gasteiger partial charge in [-0.25, -0.2) is 0 Å². The highest BCUT2D eigenvalue weighted by molar-refractivity contribution is 5.54. The highest BCUT2D eigenvalue weighted by Gasteiger charge is 2.38. The third kappa shape index (κ3) is 2.44. The van der Waals surface area contributed by atoms with Gasteiger partial charge in [0.05, 0.1) is 14.2 Å². The van der Waals surface area contributed by atoms with Crippen LogP contribution in [0, 0.1) is 0 Å². The summed E-state index contributed by atoms with van der Waals surface area (Å²) in [5.41, 5.74) is 8.64. The minimum Gasteiger partial charge on any atom is -0.493 e. The van der Waals surface area contributed by atoms with E-state index in [1.807, 2.05) is 0 Å². The first-order valence-electron chi connectivity index (χ1n) is 6.88. The second kappa shape index (κ2) is 4.71. The number of benzene rings is 1. The van der Waals surface area contributed by atoms with Gasteiger partial charge in [-0.2, -0.15) is 0 Å². The molecule has 1 aromatic rings. The van der Waals surface area contributed by atoms with Gasteiger partial charge >= 0.3 is 0 Å². The van der Waals surface area contributed by atoms with Crippen LogP contribution in [0.3, 0.4) is 0 Å². The number of hydrogen-bond donors (Lipinski definition) is 1. The van der Waals surface area contributed by atoms with Crippen molar-refractivity contribution in [3.05, 3.63) is 23.3 Å². The van der Waals surface area contributed by atoms with Crippen LogP contribution in [0.4, 0.5) is 0 Å². The molecular formula is C16H25NO2. The van der Waals surface area contributed by atoms with Crippen molar-refractivity contribution < 1.29 is 9.47 Å². The second-order valence-corrected chi connectivity index (χ2v) is 6.52. The Bertz CT molecular complexity index is 470. The second-order valence-electron chi connectivity index (χ2n) is 6.52. The summed E-state index contributed by atoms with van der Waals surface area (Å²) in [5, 5.41) is 0. The van der Waals surface area contributed by atoms with Crippen molar-refractivity contribution in [2.75, 3.05) is 14.2 Å². The third-order valence-electron chi connectivity index (χ3n) is 4.13. The summed E-state index contributed by atoms with van der Waals surface area (Å²) in [7, 11) is 3.36. The zero-order valence-electron chi connectivity index (χ0n) is 12.7. The molecule has 0 amide bonds. The van der Waals surface area contributed by atoms with Gasteiger partial charge in [-0.05, 0) is 42.4 Å². The van der Waals surface area contributed by atoms with E-state index in [0.29, 0.717) is 0 Å². The third-order valence-corrected chi connectivity index (χ3v) is 4.13. The molecule has 0 aliphatic heterocycles. The first-order chi connectivity index (χ1) is 8.81. The molecule has 0 bridgehead atoms. The van der Waals surface area contributed by atoms with Crippen molar-refractivity contribution in [3.8, 4) is 11.5 Å². The number of nitrogens with two attached hydrogens (primary N) is 1. The Morgan fingerprint density at radius 3 is 2.11 bits per heavy atom. The Hall–Kier alpha value is -1.22. The molecule has 0 radical (unpaired) electrons. The fourth-order valence-electron chi connectivity index (χ4n) is 2.59. The quantitative estimate of drug-likeness (QED) is 0.909. The summed E-state index contributed by atoms with van der Waals surface area (Å²) in [4.78, 5) is 0. The van der Waals surface area contributed by atoms with Gasteiger partial charge in [0.2, 0.25) is 0 Å². The Morgan fingerprint density at radius 1 is 1.11 bits per heavy atom. The average molecular weight is 263 g/mol. The summed E-state index contributed by atoms with van der Waals surface area (Å²) in [6.45, 7) is 6.59. The molecule has 3 heteroatoms. The molecule has 2 rings (SSSR count). The number of ether oxygens (including phenoxy) is 2.